The Kier molecular flexibility index (Phi) is 5.69. The molecule has 1 amide bonds. The topological polar surface area (TPSA) is 80.7 Å². The van der Waals surface area contributed by atoms with Gasteiger partial charge in [0, 0.05) is 12.6 Å². The molecule has 2 heterocycles. The summed E-state index contributed by atoms with van der Waals surface area (Å²) in [6.07, 6.45) is 7.88. The first-order chi connectivity index (χ1) is 13.7. The lowest BCUT2D eigenvalue weighted by molar-refractivity contribution is -0.151. The lowest BCUT2D eigenvalue weighted by Gasteiger charge is -2.29. The largest absolute Gasteiger partial charge is 0.459 e. The van der Waals surface area contributed by atoms with Crippen molar-refractivity contribution in [2.45, 2.75) is 38.8 Å². The number of pyridine rings is 1. The Balaban J connectivity index is 1.40. The average Bonchev–Trinajstić information content (AvgIpc) is 3.59. The SMILES string of the molecule is O=C(Nc1cccnc1)C1=C[C@@H](C2CC2)C[C@@H](OCc2ccc(CO)cc2)O1. The van der Waals surface area contributed by atoms with E-state index in [0.717, 1.165) is 17.5 Å². The molecule has 2 N–H and O–H groups in total. The lowest BCUT2D eigenvalue weighted by Crippen LogP contribution is -2.30. The van der Waals surface area contributed by atoms with E-state index in [1.807, 2.05) is 30.3 Å². The smallest absolute Gasteiger partial charge is 0.290 e. The monoisotopic (exact) mass is 380 g/mol. The van der Waals surface area contributed by atoms with Crippen LogP contribution in [-0.4, -0.2) is 22.3 Å². The summed E-state index contributed by atoms with van der Waals surface area (Å²) in [7, 11) is 0. The highest BCUT2D eigenvalue weighted by Crippen LogP contribution is 2.43. The Morgan fingerprint density at radius 3 is 2.68 bits per heavy atom. The maximum absolute atomic E-state index is 12.6. The lowest BCUT2D eigenvalue weighted by atomic mass is 9.96. The number of anilines is 1. The first-order valence-electron chi connectivity index (χ1n) is 9.61. The number of aromatic nitrogens is 1. The van der Waals surface area contributed by atoms with Gasteiger partial charge in [0.2, 0.25) is 6.29 Å². The molecule has 0 radical (unpaired) electrons. The molecule has 6 heteroatoms. The second kappa shape index (κ2) is 8.54. The molecule has 0 unspecified atom stereocenters. The van der Waals surface area contributed by atoms with Gasteiger partial charge in [-0.05, 0) is 54.0 Å². The van der Waals surface area contributed by atoms with Gasteiger partial charge in [-0.1, -0.05) is 24.3 Å². The molecule has 4 rings (SSSR count). The summed E-state index contributed by atoms with van der Waals surface area (Å²) in [6.45, 7) is 0.418. The van der Waals surface area contributed by atoms with Crippen LogP contribution in [0.4, 0.5) is 5.69 Å². The van der Waals surface area contributed by atoms with Crippen molar-refractivity contribution < 1.29 is 19.4 Å². The molecule has 1 aromatic carbocycles. The van der Waals surface area contributed by atoms with Crippen LogP contribution in [0.25, 0.3) is 0 Å². The van der Waals surface area contributed by atoms with Gasteiger partial charge < -0.3 is 19.9 Å². The van der Waals surface area contributed by atoms with Crippen molar-refractivity contribution in [3.05, 3.63) is 71.8 Å². The third-order valence-electron chi connectivity index (χ3n) is 5.10. The highest BCUT2D eigenvalue weighted by Gasteiger charge is 2.37. The van der Waals surface area contributed by atoms with Crippen LogP contribution in [0.15, 0.2) is 60.6 Å². The zero-order chi connectivity index (χ0) is 19.3. The van der Waals surface area contributed by atoms with Crippen LogP contribution >= 0.6 is 0 Å². The van der Waals surface area contributed by atoms with Crippen molar-refractivity contribution >= 4 is 11.6 Å². The van der Waals surface area contributed by atoms with Gasteiger partial charge in [-0.3, -0.25) is 9.78 Å². The predicted molar refractivity (Wildman–Crippen MR) is 104 cm³/mol. The number of nitrogens with one attached hydrogen (secondary N) is 1. The number of carbonyl (C=O) groups is 1. The van der Waals surface area contributed by atoms with Gasteiger partial charge in [0.25, 0.3) is 5.91 Å². The van der Waals surface area contributed by atoms with Crippen molar-refractivity contribution in [3.8, 4) is 0 Å². The molecule has 1 aliphatic heterocycles. The van der Waals surface area contributed by atoms with E-state index in [-0.39, 0.29) is 12.5 Å². The standard InChI is InChI=1S/C22H24N2O4/c25-13-15-3-5-16(6-4-15)14-27-21-11-18(17-7-8-17)10-20(28-21)22(26)24-19-2-1-9-23-12-19/h1-6,9-10,12,17-18,21,25H,7-8,11,13-14H2,(H,24,26)/t18-,21+/m1/s1. The number of rotatable bonds is 7. The zero-order valence-electron chi connectivity index (χ0n) is 15.6. The average molecular weight is 380 g/mol. The van der Waals surface area contributed by atoms with Crippen LogP contribution in [0, 0.1) is 11.8 Å². The van der Waals surface area contributed by atoms with Crippen LogP contribution in [-0.2, 0) is 27.5 Å². The number of allylic oxidation sites excluding steroid dienone is 1. The summed E-state index contributed by atoms with van der Waals surface area (Å²) < 4.78 is 11.8. The van der Waals surface area contributed by atoms with Crippen molar-refractivity contribution in [2.75, 3.05) is 5.32 Å². The van der Waals surface area contributed by atoms with Gasteiger partial charge in [0.1, 0.15) is 0 Å². The minimum absolute atomic E-state index is 0.0240. The van der Waals surface area contributed by atoms with Gasteiger partial charge in [-0.25, -0.2) is 0 Å². The molecule has 0 saturated heterocycles. The number of hydrogen-bond acceptors (Lipinski definition) is 5. The van der Waals surface area contributed by atoms with E-state index < -0.39 is 6.29 Å². The van der Waals surface area contributed by atoms with Gasteiger partial charge in [0.15, 0.2) is 5.76 Å². The van der Waals surface area contributed by atoms with Gasteiger partial charge in [-0.15, -0.1) is 0 Å². The zero-order valence-corrected chi connectivity index (χ0v) is 15.6. The Bertz CT molecular complexity index is 831. The Morgan fingerprint density at radius 1 is 1.21 bits per heavy atom. The van der Waals surface area contributed by atoms with E-state index in [4.69, 9.17) is 14.6 Å². The minimum Gasteiger partial charge on any atom is -0.459 e. The fourth-order valence-corrected chi connectivity index (χ4v) is 3.36. The molecule has 1 fully saturated rings. The number of aliphatic hydroxyl groups is 1. The number of amides is 1. The van der Waals surface area contributed by atoms with Crippen molar-refractivity contribution in [1.29, 1.82) is 0 Å². The number of benzene rings is 1. The summed E-state index contributed by atoms with van der Waals surface area (Å²) in [4.78, 5) is 16.6. The second-order valence-electron chi connectivity index (χ2n) is 7.30. The summed E-state index contributed by atoms with van der Waals surface area (Å²) in [5.74, 6) is 0.942. The molecule has 0 bridgehead atoms. The van der Waals surface area contributed by atoms with Crippen molar-refractivity contribution in [2.24, 2.45) is 11.8 Å². The van der Waals surface area contributed by atoms with Crippen LogP contribution < -0.4 is 5.32 Å². The normalized spacial score (nSPS) is 21.5. The number of aliphatic hydroxyl groups excluding tert-OH is 1. The van der Waals surface area contributed by atoms with E-state index in [2.05, 4.69) is 10.3 Å². The molecule has 1 aliphatic carbocycles. The number of ether oxygens (including phenoxy) is 2. The highest BCUT2D eigenvalue weighted by atomic mass is 16.7. The molecular weight excluding hydrogens is 356 g/mol. The molecule has 1 saturated carbocycles. The maximum atomic E-state index is 12.6. The third kappa shape index (κ3) is 4.77. The van der Waals surface area contributed by atoms with Crippen LogP contribution in [0.2, 0.25) is 0 Å². The van der Waals surface area contributed by atoms with E-state index in [1.54, 1.807) is 24.5 Å². The van der Waals surface area contributed by atoms with Crippen LogP contribution in [0.5, 0.6) is 0 Å². The molecular formula is C22H24N2O4. The fraction of sp³-hybridized carbons (Fsp3) is 0.364. The Hall–Kier alpha value is -2.70. The first-order valence-corrected chi connectivity index (χ1v) is 9.61. The van der Waals surface area contributed by atoms with Gasteiger partial charge in [0.05, 0.1) is 25.1 Å². The van der Waals surface area contributed by atoms with E-state index in [1.165, 1.54) is 12.8 Å². The summed E-state index contributed by atoms with van der Waals surface area (Å²) in [6, 6.07) is 11.2. The first kappa shape index (κ1) is 18.7. The molecule has 28 heavy (non-hydrogen) atoms. The molecule has 1 aromatic heterocycles. The number of carbonyl (C=O) groups excluding carboxylic acids is 1. The predicted octanol–water partition coefficient (Wildman–Crippen LogP) is 3.39. The quantitative estimate of drug-likeness (QED) is 0.770. The maximum Gasteiger partial charge on any atom is 0.290 e. The molecule has 2 aromatic rings. The van der Waals surface area contributed by atoms with Crippen LogP contribution in [0.1, 0.15) is 30.4 Å². The second-order valence-corrected chi connectivity index (χ2v) is 7.30. The molecule has 0 spiro atoms. The summed E-state index contributed by atoms with van der Waals surface area (Å²) >= 11 is 0. The number of hydrogen-bond donors (Lipinski definition) is 2. The fourth-order valence-electron chi connectivity index (χ4n) is 3.36. The van der Waals surface area contributed by atoms with Gasteiger partial charge in [-0.2, -0.15) is 0 Å². The van der Waals surface area contributed by atoms with Gasteiger partial charge >= 0.3 is 0 Å². The van der Waals surface area contributed by atoms with E-state index in [0.29, 0.717) is 29.9 Å². The van der Waals surface area contributed by atoms with Crippen molar-refractivity contribution in [3.63, 3.8) is 0 Å². The Labute approximate surface area is 164 Å². The summed E-state index contributed by atoms with van der Waals surface area (Å²) in [5.41, 5.74) is 2.50. The third-order valence-corrected chi connectivity index (χ3v) is 5.10. The van der Waals surface area contributed by atoms with Crippen molar-refractivity contribution in [1.82, 2.24) is 4.98 Å². The van der Waals surface area contributed by atoms with E-state index in [9.17, 15) is 4.79 Å². The molecule has 146 valence electrons. The molecule has 2 aliphatic rings. The van der Waals surface area contributed by atoms with E-state index >= 15 is 0 Å². The number of nitrogens with zero attached hydrogens (tertiary/aromatic N) is 1. The molecule has 2 atom stereocenters. The Morgan fingerprint density at radius 2 is 2.00 bits per heavy atom. The molecule has 6 nitrogen and oxygen atoms in total. The summed E-state index contributed by atoms with van der Waals surface area (Å²) in [5, 5.41) is 12.0. The highest BCUT2D eigenvalue weighted by molar-refractivity contribution is 6.02. The van der Waals surface area contributed by atoms with Crippen LogP contribution in [0.3, 0.4) is 0 Å². The minimum atomic E-state index is -0.456.